The first-order chi connectivity index (χ1) is 7.81. The molecule has 0 saturated heterocycles. The van der Waals surface area contributed by atoms with Gasteiger partial charge in [-0.15, -0.1) is 11.6 Å². The van der Waals surface area contributed by atoms with Gasteiger partial charge in [-0.05, 0) is 17.0 Å². The Morgan fingerprint density at radius 1 is 1.25 bits per heavy atom. The number of anilines is 1. The third kappa shape index (κ3) is 1.23. The summed E-state index contributed by atoms with van der Waals surface area (Å²) in [5.41, 5.74) is 8.96. The van der Waals surface area contributed by atoms with Gasteiger partial charge in [-0.2, -0.15) is 0 Å². The Bertz CT molecular complexity index is 590. The second-order valence-corrected chi connectivity index (χ2v) is 4.29. The lowest BCUT2D eigenvalue weighted by Crippen LogP contribution is -1.99. The number of aliphatic imine (C=N–C) groups is 1. The van der Waals surface area contributed by atoms with Gasteiger partial charge in [-0.1, -0.05) is 24.3 Å². The molecule has 0 spiro atoms. The van der Waals surface area contributed by atoms with Crippen LogP contribution in [0.5, 0.6) is 0 Å². The number of halogens is 1. The maximum atomic E-state index is 6.01. The van der Waals surface area contributed by atoms with E-state index in [9.17, 15) is 0 Å². The van der Waals surface area contributed by atoms with Crippen LogP contribution in [-0.2, 0) is 0 Å². The number of hydrogen-bond donors (Lipinski definition) is 1. The number of fused-ring (bicyclic) bond motifs is 3. The lowest BCUT2D eigenvalue weighted by molar-refractivity contribution is 1.10. The quantitative estimate of drug-likeness (QED) is 0.591. The fourth-order valence-corrected chi connectivity index (χ4v) is 2.50. The van der Waals surface area contributed by atoms with Gasteiger partial charge in [0.1, 0.15) is 0 Å². The van der Waals surface area contributed by atoms with E-state index in [1.807, 2.05) is 30.5 Å². The Kier molecular flexibility index (Phi) is 2.11. The molecular formula is C13H11ClN2. The molecule has 0 saturated carbocycles. The number of nitrogen functional groups attached to an aromatic ring is 1. The summed E-state index contributed by atoms with van der Waals surface area (Å²) in [6.45, 7) is 0. The number of benzene rings is 2. The number of rotatable bonds is 1. The van der Waals surface area contributed by atoms with Crippen molar-refractivity contribution in [2.75, 3.05) is 11.6 Å². The van der Waals surface area contributed by atoms with Gasteiger partial charge in [0.05, 0.1) is 5.69 Å². The smallest absolute Gasteiger partial charge is 0.0691 e. The summed E-state index contributed by atoms with van der Waals surface area (Å²) in [6, 6.07) is 10.1. The van der Waals surface area contributed by atoms with Gasteiger partial charge in [0, 0.05) is 29.1 Å². The van der Waals surface area contributed by atoms with Crippen LogP contribution in [-0.4, -0.2) is 12.1 Å². The highest BCUT2D eigenvalue weighted by Crippen LogP contribution is 2.41. The zero-order chi connectivity index (χ0) is 11.1. The first-order valence-electron chi connectivity index (χ1n) is 5.22. The summed E-state index contributed by atoms with van der Waals surface area (Å²) >= 11 is 5.95. The molecule has 3 heteroatoms. The number of alkyl halides is 1. The van der Waals surface area contributed by atoms with Crippen LogP contribution in [0.25, 0.3) is 10.8 Å². The number of hydrogen-bond acceptors (Lipinski definition) is 2. The van der Waals surface area contributed by atoms with Crippen molar-refractivity contribution in [2.45, 2.75) is 5.92 Å². The minimum atomic E-state index is 0.210. The summed E-state index contributed by atoms with van der Waals surface area (Å²) in [4.78, 5) is 4.37. The minimum Gasteiger partial charge on any atom is -0.398 e. The third-order valence-corrected chi connectivity index (χ3v) is 3.36. The van der Waals surface area contributed by atoms with Crippen LogP contribution in [0.2, 0.25) is 0 Å². The predicted octanol–water partition coefficient (Wildman–Crippen LogP) is 3.46. The van der Waals surface area contributed by atoms with E-state index in [4.69, 9.17) is 17.3 Å². The number of nitrogens with zero attached hydrogens (tertiary/aromatic N) is 1. The maximum absolute atomic E-state index is 6.01. The van der Waals surface area contributed by atoms with Gasteiger partial charge >= 0.3 is 0 Å². The SMILES string of the molecule is Nc1cc2c(c3ccccc13)[C@H](CCl)C=N2. The van der Waals surface area contributed by atoms with Gasteiger partial charge in [-0.25, -0.2) is 0 Å². The van der Waals surface area contributed by atoms with Crippen LogP contribution in [0.3, 0.4) is 0 Å². The van der Waals surface area contributed by atoms with E-state index in [-0.39, 0.29) is 5.92 Å². The van der Waals surface area contributed by atoms with Gasteiger partial charge < -0.3 is 5.73 Å². The molecule has 0 amide bonds. The molecule has 16 heavy (non-hydrogen) atoms. The monoisotopic (exact) mass is 230 g/mol. The fraction of sp³-hybridized carbons (Fsp3) is 0.154. The highest BCUT2D eigenvalue weighted by Gasteiger charge is 2.21. The Hall–Kier alpha value is -1.54. The van der Waals surface area contributed by atoms with Gasteiger partial charge in [0.15, 0.2) is 0 Å². The molecule has 1 aliphatic rings. The molecule has 0 bridgehead atoms. The average Bonchev–Trinajstić information content (AvgIpc) is 2.72. The third-order valence-electron chi connectivity index (χ3n) is 3.03. The van der Waals surface area contributed by atoms with E-state index in [1.54, 1.807) is 0 Å². The summed E-state index contributed by atoms with van der Waals surface area (Å²) in [5.74, 6) is 0.770. The topological polar surface area (TPSA) is 38.4 Å². The van der Waals surface area contributed by atoms with Crippen LogP contribution in [0.15, 0.2) is 35.3 Å². The molecule has 80 valence electrons. The van der Waals surface area contributed by atoms with Crippen molar-refractivity contribution in [1.82, 2.24) is 0 Å². The lowest BCUT2D eigenvalue weighted by Gasteiger charge is -2.11. The van der Waals surface area contributed by atoms with Gasteiger partial charge in [-0.3, -0.25) is 4.99 Å². The zero-order valence-corrected chi connectivity index (χ0v) is 9.41. The minimum absolute atomic E-state index is 0.210. The van der Waals surface area contributed by atoms with Crippen LogP contribution in [0.1, 0.15) is 11.5 Å². The predicted molar refractivity (Wildman–Crippen MR) is 70.0 cm³/mol. The summed E-state index contributed by atoms with van der Waals surface area (Å²) < 4.78 is 0. The Morgan fingerprint density at radius 2 is 2.00 bits per heavy atom. The standard InChI is InChI=1S/C13H11ClN2/c14-6-8-7-16-12-5-11(15)9-3-1-2-4-10(9)13(8)12/h1-5,7-8H,6,15H2/t8-/m1/s1. The summed E-state index contributed by atoms with van der Waals surface area (Å²) in [7, 11) is 0. The van der Waals surface area contributed by atoms with Gasteiger partial charge in [0.2, 0.25) is 0 Å². The molecule has 0 aliphatic carbocycles. The lowest BCUT2D eigenvalue weighted by atomic mass is 9.95. The first-order valence-corrected chi connectivity index (χ1v) is 5.76. The number of nitrogens with two attached hydrogens (primary N) is 1. The normalized spacial score (nSPS) is 17.9. The van der Waals surface area contributed by atoms with Crippen molar-refractivity contribution in [2.24, 2.45) is 4.99 Å². The van der Waals surface area contributed by atoms with Crippen molar-refractivity contribution in [1.29, 1.82) is 0 Å². The molecule has 1 atom stereocenters. The fourth-order valence-electron chi connectivity index (χ4n) is 2.27. The van der Waals surface area contributed by atoms with E-state index in [0.29, 0.717) is 5.88 Å². The van der Waals surface area contributed by atoms with E-state index >= 15 is 0 Å². The van der Waals surface area contributed by atoms with Crippen LogP contribution >= 0.6 is 11.6 Å². The summed E-state index contributed by atoms with van der Waals surface area (Å²) in [6.07, 6.45) is 1.91. The molecule has 0 unspecified atom stereocenters. The molecular weight excluding hydrogens is 220 g/mol. The van der Waals surface area contributed by atoms with Gasteiger partial charge in [0.25, 0.3) is 0 Å². The molecule has 2 nitrogen and oxygen atoms in total. The Morgan fingerprint density at radius 3 is 2.75 bits per heavy atom. The molecule has 1 heterocycles. The Balaban J connectivity index is 2.40. The highest BCUT2D eigenvalue weighted by molar-refractivity contribution is 6.20. The van der Waals surface area contributed by atoms with E-state index in [1.165, 1.54) is 10.9 Å². The zero-order valence-electron chi connectivity index (χ0n) is 8.65. The molecule has 2 aromatic rings. The van der Waals surface area contributed by atoms with Crippen LogP contribution in [0, 0.1) is 0 Å². The highest BCUT2D eigenvalue weighted by atomic mass is 35.5. The van der Waals surface area contributed by atoms with Crippen LogP contribution in [0.4, 0.5) is 11.4 Å². The van der Waals surface area contributed by atoms with Crippen molar-refractivity contribution in [3.05, 3.63) is 35.9 Å². The molecule has 2 aromatic carbocycles. The second kappa shape index (κ2) is 3.49. The Labute approximate surface area is 98.7 Å². The second-order valence-electron chi connectivity index (χ2n) is 3.98. The molecule has 1 aliphatic heterocycles. The molecule has 0 fully saturated rings. The summed E-state index contributed by atoms with van der Waals surface area (Å²) in [5, 5.41) is 2.25. The van der Waals surface area contributed by atoms with Crippen LogP contribution < -0.4 is 5.73 Å². The van der Waals surface area contributed by atoms with Crippen molar-refractivity contribution in [3.63, 3.8) is 0 Å². The van der Waals surface area contributed by atoms with E-state index < -0.39 is 0 Å². The molecule has 0 radical (unpaired) electrons. The van der Waals surface area contributed by atoms with E-state index in [0.717, 1.165) is 16.8 Å². The van der Waals surface area contributed by atoms with Crippen molar-refractivity contribution in [3.8, 4) is 0 Å². The largest absolute Gasteiger partial charge is 0.398 e. The van der Waals surface area contributed by atoms with Crippen molar-refractivity contribution >= 4 is 40.0 Å². The average molecular weight is 231 g/mol. The molecule has 3 rings (SSSR count). The maximum Gasteiger partial charge on any atom is 0.0691 e. The molecule has 2 N–H and O–H groups in total. The first kappa shape index (κ1) is 9.67. The van der Waals surface area contributed by atoms with E-state index in [2.05, 4.69) is 11.1 Å². The van der Waals surface area contributed by atoms with Crippen molar-refractivity contribution < 1.29 is 0 Å². The molecule has 0 aromatic heterocycles.